The number of hydrogen-bond donors (Lipinski definition) is 1. The summed E-state index contributed by atoms with van der Waals surface area (Å²) < 4.78 is 5.19. The lowest BCUT2D eigenvalue weighted by Crippen LogP contribution is -2.32. The Kier molecular flexibility index (Phi) is 6.89. The molecule has 9 heteroatoms. The molecule has 2 aromatic carbocycles. The first-order valence-corrected chi connectivity index (χ1v) is 10.1. The fourth-order valence-corrected chi connectivity index (χ4v) is 3.75. The summed E-state index contributed by atoms with van der Waals surface area (Å²) in [5, 5.41) is 22.4. The third-order valence-corrected chi connectivity index (χ3v) is 5.28. The molecule has 0 spiro atoms. The average Bonchev–Trinajstić information content (AvgIpc) is 3.03. The molecule has 1 atom stereocenters. The van der Waals surface area contributed by atoms with Gasteiger partial charge in [-0.25, -0.2) is 0 Å². The lowest BCUT2D eigenvalue weighted by atomic mass is 9.95. The van der Waals surface area contributed by atoms with Crippen LogP contribution < -0.4 is 4.74 Å². The van der Waals surface area contributed by atoms with E-state index in [1.165, 1.54) is 30.2 Å². The fraction of sp³-hybridized carbons (Fsp3) is 0.304. The maximum absolute atomic E-state index is 13.0. The quantitative estimate of drug-likeness (QED) is 0.221. The van der Waals surface area contributed by atoms with E-state index in [-0.39, 0.29) is 23.6 Å². The maximum Gasteiger partial charge on any atom is 0.295 e. The highest BCUT2D eigenvalue weighted by Gasteiger charge is 2.46. The Morgan fingerprint density at radius 1 is 1.19 bits per heavy atom. The highest BCUT2D eigenvalue weighted by atomic mass is 16.6. The van der Waals surface area contributed by atoms with Crippen LogP contribution in [0.1, 0.15) is 23.6 Å². The lowest BCUT2D eigenvalue weighted by Gasteiger charge is -2.25. The van der Waals surface area contributed by atoms with Crippen molar-refractivity contribution in [1.29, 1.82) is 0 Å². The van der Waals surface area contributed by atoms with Gasteiger partial charge in [-0.2, -0.15) is 0 Å². The Balaban J connectivity index is 2.14. The van der Waals surface area contributed by atoms with Crippen molar-refractivity contribution >= 4 is 23.1 Å². The second kappa shape index (κ2) is 9.61. The first-order chi connectivity index (χ1) is 15.2. The average molecular weight is 439 g/mol. The molecule has 0 radical (unpaired) electrons. The number of likely N-dealkylation sites (tertiary alicyclic amines) is 1. The normalized spacial score (nSPS) is 17.8. The van der Waals surface area contributed by atoms with E-state index in [9.17, 15) is 24.8 Å². The van der Waals surface area contributed by atoms with Crippen molar-refractivity contribution in [3.8, 4) is 5.75 Å². The van der Waals surface area contributed by atoms with Gasteiger partial charge in [-0.15, -0.1) is 0 Å². The van der Waals surface area contributed by atoms with Gasteiger partial charge >= 0.3 is 0 Å². The zero-order valence-corrected chi connectivity index (χ0v) is 18.1. The predicted octanol–water partition coefficient (Wildman–Crippen LogP) is 2.98. The van der Waals surface area contributed by atoms with E-state index in [0.29, 0.717) is 29.8 Å². The molecular weight excluding hydrogens is 414 g/mol. The molecule has 32 heavy (non-hydrogen) atoms. The summed E-state index contributed by atoms with van der Waals surface area (Å²) in [6, 6.07) is 11.3. The molecule has 0 saturated carbocycles. The van der Waals surface area contributed by atoms with Gasteiger partial charge in [0.2, 0.25) is 0 Å². The molecule has 1 amide bonds. The number of ether oxygens (including phenoxy) is 1. The zero-order valence-electron chi connectivity index (χ0n) is 18.1. The molecule has 0 aromatic heterocycles. The van der Waals surface area contributed by atoms with Crippen molar-refractivity contribution < 1.29 is 24.4 Å². The SMILES string of the molecule is COc1cccc(/C(O)=C2/C(=O)C(=O)N(CCCN(C)C)C2c2cccc([N+](=O)[O-])c2)c1. The number of carbonyl (C=O) groups excluding carboxylic acids is 2. The Morgan fingerprint density at radius 3 is 2.56 bits per heavy atom. The topological polar surface area (TPSA) is 113 Å². The number of nitro benzene ring substituents is 1. The van der Waals surface area contributed by atoms with E-state index >= 15 is 0 Å². The van der Waals surface area contributed by atoms with Crippen molar-refractivity contribution in [2.45, 2.75) is 12.5 Å². The van der Waals surface area contributed by atoms with Crippen molar-refractivity contribution in [3.05, 3.63) is 75.3 Å². The minimum absolute atomic E-state index is 0.103. The number of non-ortho nitro benzene ring substituents is 1. The van der Waals surface area contributed by atoms with E-state index in [0.717, 1.165) is 0 Å². The van der Waals surface area contributed by atoms with E-state index in [1.807, 2.05) is 19.0 Å². The number of benzene rings is 2. The Morgan fingerprint density at radius 2 is 1.91 bits per heavy atom. The monoisotopic (exact) mass is 439 g/mol. The van der Waals surface area contributed by atoms with E-state index < -0.39 is 22.7 Å². The third-order valence-electron chi connectivity index (χ3n) is 5.28. The van der Waals surface area contributed by atoms with Crippen LogP contribution in [-0.4, -0.2) is 65.8 Å². The van der Waals surface area contributed by atoms with Gasteiger partial charge in [0.1, 0.15) is 11.5 Å². The van der Waals surface area contributed by atoms with Crippen LogP contribution in [0.4, 0.5) is 5.69 Å². The van der Waals surface area contributed by atoms with Gasteiger partial charge in [0.15, 0.2) is 0 Å². The predicted molar refractivity (Wildman–Crippen MR) is 118 cm³/mol. The van der Waals surface area contributed by atoms with Crippen molar-refractivity contribution in [2.24, 2.45) is 0 Å². The molecule has 168 valence electrons. The number of methoxy groups -OCH3 is 1. The highest BCUT2D eigenvalue weighted by molar-refractivity contribution is 6.46. The molecule has 2 aromatic rings. The summed E-state index contributed by atoms with van der Waals surface area (Å²) in [5.41, 5.74) is 0.426. The lowest BCUT2D eigenvalue weighted by molar-refractivity contribution is -0.384. The Hall–Kier alpha value is -3.72. The minimum atomic E-state index is -0.941. The number of nitro groups is 1. The number of rotatable bonds is 8. The zero-order chi connectivity index (χ0) is 23.4. The number of aliphatic hydroxyl groups excluding tert-OH is 1. The van der Waals surface area contributed by atoms with E-state index in [4.69, 9.17) is 4.74 Å². The van der Waals surface area contributed by atoms with Gasteiger partial charge in [0, 0.05) is 24.2 Å². The second-order valence-corrected chi connectivity index (χ2v) is 7.73. The molecule has 9 nitrogen and oxygen atoms in total. The van der Waals surface area contributed by atoms with Crippen LogP contribution in [0, 0.1) is 10.1 Å². The van der Waals surface area contributed by atoms with Crippen molar-refractivity contribution in [2.75, 3.05) is 34.3 Å². The number of nitrogens with zero attached hydrogens (tertiary/aromatic N) is 3. The van der Waals surface area contributed by atoms with Crippen LogP contribution >= 0.6 is 0 Å². The molecule has 1 aliphatic rings. The smallest absolute Gasteiger partial charge is 0.295 e. The van der Waals surface area contributed by atoms with Crippen LogP contribution in [0.25, 0.3) is 5.76 Å². The number of carbonyl (C=O) groups is 2. The third kappa shape index (κ3) is 4.62. The molecule has 0 aliphatic carbocycles. The van der Waals surface area contributed by atoms with Gasteiger partial charge in [-0.05, 0) is 44.8 Å². The molecule has 1 fully saturated rings. The number of aliphatic hydroxyl groups is 1. The number of hydrogen-bond acceptors (Lipinski definition) is 7. The van der Waals surface area contributed by atoms with Crippen molar-refractivity contribution in [3.63, 3.8) is 0 Å². The summed E-state index contributed by atoms with van der Waals surface area (Å²) in [6.07, 6.45) is 0.588. The highest BCUT2D eigenvalue weighted by Crippen LogP contribution is 2.40. The van der Waals surface area contributed by atoms with Crippen LogP contribution in [0.3, 0.4) is 0 Å². The molecule has 1 heterocycles. The molecule has 0 bridgehead atoms. The number of Topliss-reactive ketones (excluding diaryl/α,β-unsaturated/α-hetero) is 1. The second-order valence-electron chi connectivity index (χ2n) is 7.73. The van der Waals surface area contributed by atoms with E-state index in [1.54, 1.807) is 30.3 Å². The maximum atomic E-state index is 13.0. The molecule has 1 aliphatic heterocycles. The number of amides is 1. The molecule has 1 saturated heterocycles. The minimum Gasteiger partial charge on any atom is -0.507 e. The molecule has 3 rings (SSSR count). The van der Waals surface area contributed by atoms with E-state index in [2.05, 4.69) is 0 Å². The van der Waals surface area contributed by atoms with Crippen LogP contribution in [-0.2, 0) is 9.59 Å². The summed E-state index contributed by atoms with van der Waals surface area (Å²) in [6.45, 7) is 0.936. The first kappa shape index (κ1) is 23.0. The largest absolute Gasteiger partial charge is 0.507 e. The van der Waals surface area contributed by atoms with Gasteiger partial charge in [-0.1, -0.05) is 24.3 Å². The first-order valence-electron chi connectivity index (χ1n) is 10.1. The fourth-order valence-electron chi connectivity index (χ4n) is 3.75. The summed E-state index contributed by atoms with van der Waals surface area (Å²) in [5.74, 6) is -1.45. The summed E-state index contributed by atoms with van der Waals surface area (Å²) in [7, 11) is 5.27. The van der Waals surface area contributed by atoms with Gasteiger partial charge in [0.25, 0.3) is 17.4 Å². The Labute approximate surface area is 185 Å². The van der Waals surface area contributed by atoms with Gasteiger partial charge < -0.3 is 19.6 Å². The molecule has 1 N–H and O–H groups in total. The summed E-state index contributed by atoms with van der Waals surface area (Å²) >= 11 is 0. The summed E-state index contributed by atoms with van der Waals surface area (Å²) in [4.78, 5) is 40.0. The molecule has 1 unspecified atom stereocenters. The van der Waals surface area contributed by atoms with Crippen LogP contribution in [0.5, 0.6) is 5.75 Å². The van der Waals surface area contributed by atoms with Gasteiger partial charge in [0.05, 0.1) is 23.6 Å². The van der Waals surface area contributed by atoms with Crippen LogP contribution in [0.15, 0.2) is 54.1 Å². The number of ketones is 1. The standard InChI is InChI=1S/C23H25N3O6/c1-24(2)11-6-12-25-20(15-7-4-9-17(13-15)26(30)31)19(22(28)23(25)29)21(27)16-8-5-10-18(14-16)32-3/h4-5,7-10,13-14,20,27H,6,11-12H2,1-3H3/b21-19-. The van der Waals surface area contributed by atoms with Crippen LogP contribution in [0.2, 0.25) is 0 Å². The van der Waals surface area contributed by atoms with Crippen molar-refractivity contribution in [1.82, 2.24) is 9.80 Å². The van der Waals surface area contributed by atoms with Gasteiger partial charge in [-0.3, -0.25) is 19.7 Å². The Bertz CT molecular complexity index is 1080. The molecular formula is C23H25N3O6.